The summed E-state index contributed by atoms with van der Waals surface area (Å²) in [6, 6.07) is 0.238. The minimum absolute atomic E-state index is 0.0726. The molecule has 0 aromatic rings. The van der Waals surface area contributed by atoms with Crippen LogP contribution < -0.4 is 0 Å². The van der Waals surface area contributed by atoms with Gasteiger partial charge >= 0.3 is 6.03 Å². The largest absolute Gasteiger partial charge is 0.326 e. The summed E-state index contributed by atoms with van der Waals surface area (Å²) in [5.41, 5.74) is 0.0726. The molecule has 1 rings (SSSR count). The highest BCUT2D eigenvalue weighted by molar-refractivity contribution is 5.77. The van der Waals surface area contributed by atoms with Crippen molar-refractivity contribution in [2.24, 2.45) is 0 Å². The van der Waals surface area contributed by atoms with Crippen LogP contribution in [0.2, 0.25) is 0 Å². The number of hydrogen-bond donors (Lipinski definition) is 0. The molecule has 0 aliphatic carbocycles. The monoisotopic (exact) mass is 296 g/mol. The average molecular weight is 296 g/mol. The van der Waals surface area contributed by atoms with Gasteiger partial charge in [0.05, 0.1) is 0 Å². The molecule has 2 amide bonds. The van der Waals surface area contributed by atoms with Crippen molar-refractivity contribution in [1.29, 1.82) is 0 Å². The smallest absolute Gasteiger partial charge is 0.320 e. The number of amides is 2. The molecule has 1 heterocycles. The van der Waals surface area contributed by atoms with Gasteiger partial charge in [0, 0.05) is 25.7 Å². The van der Waals surface area contributed by atoms with Crippen molar-refractivity contribution in [2.45, 2.75) is 90.5 Å². The number of nitrogens with zero attached hydrogens (tertiary/aromatic N) is 2. The summed E-state index contributed by atoms with van der Waals surface area (Å²) >= 11 is 0. The molecular weight excluding hydrogens is 260 g/mol. The molecule has 1 atom stereocenters. The number of likely N-dealkylation sites (N-methyl/N-ethyl adjacent to an activating group) is 1. The predicted octanol–water partition coefficient (Wildman–Crippen LogP) is 5.05. The van der Waals surface area contributed by atoms with E-state index in [1.54, 1.807) is 0 Å². The van der Waals surface area contributed by atoms with Gasteiger partial charge < -0.3 is 9.80 Å². The van der Waals surface area contributed by atoms with Crippen LogP contribution in [0.5, 0.6) is 0 Å². The molecule has 1 fully saturated rings. The number of urea groups is 1. The lowest BCUT2D eigenvalue weighted by Gasteiger charge is -2.39. The van der Waals surface area contributed by atoms with Crippen LogP contribution in [0.3, 0.4) is 0 Å². The fourth-order valence-corrected chi connectivity index (χ4v) is 3.41. The Balaban J connectivity index is 2.54. The Morgan fingerprint density at radius 2 is 1.43 bits per heavy atom. The maximum atomic E-state index is 12.4. The molecule has 3 nitrogen and oxygen atoms in total. The second-order valence-corrected chi connectivity index (χ2v) is 6.97. The number of carbonyl (C=O) groups is 1. The molecule has 0 aromatic carbocycles. The lowest BCUT2D eigenvalue weighted by Crippen LogP contribution is -2.48. The predicted molar refractivity (Wildman–Crippen MR) is 90.7 cm³/mol. The first-order valence-corrected chi connectivity index (χ1v) is 9.08. The van der Waals surface area contributed by atoms with Crippen molar-refractivity contribution >= 4 is 6.03 Å². The molecule has 124 valence electrons. The van der Waals surface area contributed by atoms with E-state index in [1.165, 1.54) is 57.8 Å². The number of rotatable bonds is 11. The topological polar surface area (TPSA) is 23.6 Å². The third-order valence-corrected chi connectivity index (χ3v) is 5.01. The van der Waals surface area contributed by atoms with Crippen LogP contribution in [0.4, 0.5) is 4.79 Å². The van der Waals surface area contributed by atoms with E-state index in [-0.39, 0.29) is 11.6 Å². The Kier molecular flexibility index (Phi) is 8.13. The molecule has 1 aliphatic heterocycles. The zero-order valence-electron chi connectivity index (χ0n) is 14.8. The van der Waals surface area contributed by atoms with Crippen LogP contribution in [0.1, 0.15) is 85.0 Å². The highest BCUT2D eigenvalue weighted by Crippen LogP contribution is 2.31. The van der Waals surface area contributed by atoms with Gasteiger partial charge in [-0.15, -0.1) is 0 Å². The van der Waals surface area contributed by atoms with E-state index < -0.39 is 0 Å². The van der Waals surface area contributed by atoms with Gasteiger partial charge in [-0.2, -0.15) is 0 Å². The van der Waals surface area contributed by atoms with E-state index in [0.29, 0.717) is 0 Å². The fraction of sp³-hybridized carbons (Fsp3) is 0.944. The minimum Gasteiger partial charge on any atom is -0.326 e. The molecule has 1 saturated heterocycles. The van der Waals surface area contributed by atoms with Gasteiger partial charge in [-0.1, -0.05) is 65.2 Å². The quantitative estimate of drug-likeness (QED) is 0.489. The lowest BCUT2D eigenvalue weighted by molar-refractivity contribution is 0.120. The summed E-state index contributed by atoms with van der Waals surface area (Å²) in [4.78, 5) is 16.4. The molecule has 3 heteroatoms. The van der Waals surface area contributed by atoms with Crippen molar-refractivity contribution in [3.8, 4) is 0 Å². The van der Waals surface area contributed by atoms with Crippen molar-refractivity contribution in [3.05, 3.63) is 0 Å². The summed E-state index contributed by atoms with van der Waals surface area (Å²) in [6.07, 6.45) is 12.7. The number of hydrogen-bond acceptors (Lipinski definition) is 1. The van der Waals surface area contributed by atoms with E-state index in [0.717, 1.165) is 19.5 Å². The van der Waals surface area contributed by atoms with E-state index >= 15 is 0 Å². The van der Waals surface area contributed by atoms with Crippen molar-refractivity contribution in [1.82, 2.24) is 9.80 Å². The normalized spacial score (nSPS) is 18.4. The molecule has 0 N–H and O–H groups in total. The number of carbonyl (C=O) groups excluding carboxylic acids is 1. The van der Waals surface area contributed by atoms with Gasteiger partial charge in [0.15, 0.2) is 0 Å². The molecule has 0 unspecified atom stereocenters. The Morgan fingerprint density at radius 3 is 1.95 bits per heavy atom. The van der Waals surface area contributed by atoms with E-state index in [4.69, 9.17) is 0 Å². The summed E-state index contributed by atoms with van der Waals surface area (Å²) in [7, 11) is 1.93. The second-order valence-electron chi connectivity index (χ2n) is 6.97. The SMILES string of the molecule is CCCCCCC[C@](C)(CCCCC)N1CCN(C)C1=O. The first kappa shape index (κ1) is 18.3. The molecule has 0 spiro atoms. The highest BCUT2D eigenvalue weighted by Gasteiger charge is 2.39. The van der Waals surface area contributed by atoms with Gasteiger partial charge in [0.1, 0.15) is 0 Å². The average Bonchev–Trinajstić information content (AvgIpc) is 2.80. The standard InChI is InChI=1S/C18H36N2O/c1-5-7-9-10-12-14-18(3,13-11-8-6-2)20-16-15-19(4)17(20)21/h5-16H2,1-4H3/t18-/m0/s1. The zero-order chi connectivity index (χ0) is 15.7. The third kappa shape index (κ3) is 5.52. The van der Waals surface area contributed by atoms with Gasteiger partial charge in [-0.3, -0.25) is 0 Å². The van der Waals surface area contributed by atoms with Crippen LogP contribution in [0, 0.1) is 0 Å². The molecule has 0 aromatic heterocycles. The van der Waals surface area contributed by atoms with Crippen LogP contribution >= 0.6 is 0 Å². The van der Waals surface area contributed by atoms with E-state index in [9.17, 15) is 4.79 Å². The highest BCUT2D eigenvalue weighted by atomic mass is 16.2. The summed E-state index contributed by atoms with van der Waals surface area (Å²) in [5, 5.41) is 0. The van der Waals surface area contributed by atoms with Crippen LogP contribution in [0.25, 0.3) is 0 Å². The van der Waals surface area contributed by atoms with Crippen molar-refractivity contribution in [2.75, 3.05) is 20.1 Å². The number of unbranched alkanes of at least 4 members (excludes halogenated alkanes) is 6. The maximum absolute atomic E-state index is 12.4. The second kappa shape index (κ2) is 9.32. The molecule has 0 radical (unpaired) electrons. The van der Waals surface area contributed by atoms with Crippen LogP contribution in [-0.2, 0) is 0 Å². The van der Waals surface area contributed by atoms with Crippen molar-refractivity contribution < 1.29 is 4.79 Å². The summed E-state index contributed by atoms with van der Waals surface area (Å²) in [5.74, 6) is 0. The minimum atomic E-state index is 0.0726. The zero-order valence-corrected chi connectivity index (χ0v) is 14.8. The Morgan fingerprint density at radius 1 is 0.905 bits per heavy atom. The van der Waals surface area contributed by atoms with Crippen LogP contribution in [0.15, 0.2) is 0 Å². The fourth-order valence-electron chi connectivity index (χ4n) is 3.41. The van der Waals surface area contributed by atoms with Gasteiger partial charge in [-0.25, -0.2) is 4.79 Å². The molecular formula is C18H36N2O. The lowest BCUT2D eigenvalue weighted by atomic mass is 9.86. The van der Waals surface area contributed by atoms with E-state index in [2.05, 4.69) is 25.7 Å². The van der Waals surface area contributed by atoms with Gasteiger partial charge in [-0.05, 0) is 19.8 Å². The molecule has 0 bridgehead atoms. The Labute approximate surface area is 132 Å². The Bertz CT molecular complexity index is 306. The first-order valence-electron chi connectivity index (χ1n) is 9.08. The summed E-state index contributed by atoms with van der Waals surface area (Å²) < 4.78 is 0. The maximum Gasteiger partial charge on any atom is 0.320 e. The third-order valence-electron chi connectivity index (χ3n) is 5.01. The van der Waals surface area contributed by atoms with Gasteiger partial charge in [0.25, 0.3) is 0 Å². The summed E-state index contributed by atoms with van der Waals surface area (Å²) in [6.45, 7) is 8.62. The molecule has 1 aliphatic rings. The molecule has 0 saturated carbocycles. The van der Waals surface area contributed by atoms with Gasteiger partial charge in [0.2, 0.25) is 0 Å². The van der Waals surface area contributed by atoms with Crippen molar-refractivity contribution in [3.63, 3.8) is 0 Å². The first-order chi connectivity index (χ1) is 10.0. The van der Waals surface area contributed by atoms with E-state index in [1.807, 2.05) is 11.9 Å². The Hall–Kier alpha value is -0.730. The van der Waals surface area contributed by atoms with Crippen LogP contribution in [-0.4, -0.2) is 41.5 Å². The molecule has 21 heavy (non-hydrogen) atoms.